The molecule has 0 spiro atoms. The number of alkyl halides is 3. The molecular formula is C19H19F3N2O3. The predicted molar refractivity (Wildman–Crippen MR) is 91.6 cm³/mol. The first-order chi connectivity index (χ1) is 12.7. The van der Waals surface area contributed by atoms with Crippen molar-refractivity contribution < 1.29 is 27.2 Å². The summed E-state index contributed by atoms with van der Waals surface area (Å²) in [5, 5.41) is 0. The van der Waals surface area contributed by atoms with E-state index in [2.05, 4.69) is 0 Å². The highest BCUT2D eigenvalue weighted by atomic mass is 19.4. The van der Waals surface area contributed by atoms with Gasteiger partial charge in [0.05, 0.1) is 11.5 Å². The number of nitrogens with two attached hydrogens (primary N) is 1. The van der Waals surface area contributed by atoms with Crippen molar-refractivity contribution in [3.8, 4) is 11.3 Å². The fourth-order valence-corrected chi connectivity index (χ4v) is 3.22. The maximum atomic E-state index is 12.9. The molecule has 2 N–H and O–H groups in total. The fraction of sp³-hybridized carbons (Fsp3) is 0.368. The first-order valence-corrected chi connectivity index (χ1v) is 8.54. The Morgan fingerprint density at radius 2 is 1.93 bits per heavy atom. The highest BCUT2D eigenvalue weighted by Crippen LogP contribution is 2.33. The lowest BCUT2D eigenvalue weighted by molar-refractivity contribution is -0.137. The van der Waals surface area contributed by atoms with Crippen LogP contribution in [0, 0.1) is 5.92 Å². The number of carbonyl (C=O) groups is 2. The molecule has 0 saturated carbocycles. The normalized spacial score (nSPS) is 20.5. The van der Waals surface area contributed by atoms with E-state index in [0.717, 1.165) is 12.1 Å². The molecule has 2 aromatic rings. The van der Waals surface area contributed by atoms with E-state index in [1.54, 1.807) is 0 Å². The summed E-state index contributed by atoms with van der Waals surface area (Å²) < 4.78 is 44.1. The molecule has 0 aliphatic carbocycles. The third-order valence-electron chi connectivity index (χ3n) is 4.84. The number of furan rings is 1. The molecular weight excluding hydrogens is 361 g/mol. The Morgan fingerprint density at radius 1 is 1.19 bits per heavy atom. The van der Waals surface area contributed by atoms with Crippen LogP contribution in [0.4, 0.5) is 13.2 Å². The number of piperidine rings is 1. The van der Waals surface area contributed by atoms with Crippen LogP contribution in [0.1, 0.15) is 35.9 Å². The smallest absolute Gasteiger partial charge is 0.416 e. The Kier molecular flexibility index (Phi) is 4.99. The van der Waals surface area contributed by atoms with Crippen LogP contribution in [-0.2, 0) is 11.0 Å². The molecule has 5 nitrogen and oxygen atoms in total. The SMILES string of the molecule is C[C@H]1CC[C@@H](C(N)=O)CN1C(=O)c1ccc(-c2cccc(C(F)(F)F)c2)o1. The standard InChI is InChI=1S/C19H19F3N2O3/c1-11-5-6-13(17(23)25)10-24(11)18(26)16-8-7-15(27-16)12-3-2-4-14(9-12)19(20,21)22/h2-4,7-9,11,13H,5-6,10H2,1H3,(H2,23,25)/t11-,13+/m0/s1. The number of hydrogen-bond donors (Lipinski definition) is 1. The molecule has 2 atom stereocenters. The summed E-state index contributed by atoms with van der Waals surface area (Å²) in [4.78, 5) is 25.7. The van der Waals surface area contributed by atoms with Gasteiger partial charge in [-0.05, 0) is 44.0 Å². The fourth-order valence-electron chi connectivity index (χ4n) is 3.22. The van der Waals surface area contributed by atoms with Crippen molar-refractivity contribution in [2.24, 2.45) is 11.7 Å². The third kappa shape index (κ3) is 3.99. The van der Waals surface area contributed by atoms with Gasteiger partial charge in [-0.3, -0.25) is 9.59 Å². The minimum absolute atomic E-state index is 0.0133. The maximum Gasteiger partial charge on any atom is 0.416 e. The lowest BCUT2D eigenvalue weighted by atomic mass is 9.93. The lowest BCUT2D eigenvalue weighted by Crippen LogP contribution is -2.48. The van der Waals surface area contributed by atoms with Gasteiger partial charge in [-0.1, -0.05) is 12.1 Å². The topological polar surface area (TPSA) is 76.5 Å². The molecule has 1 aromatic heterocycles. The first kappa shape index (κ1) is 19.0. The molecule has 8 heteroatoms. The monoisotopic (exact) mass is 380 g/mol. The van der Waals surface area contributed by atoms with Crippen LogP contribution in [0.5, 0.6) is 0 Å². The minimum Gasteiger partial charge on any atom is -0.451 e. The quantitative estimate of drug-likeness (QED) is 0.882. The molecule has 2 amide bonds. The van der Waals surface area contributed by atoms with Gasteiger partial charge in [0, 0.05) is 18.2 Å². The van der Waals surface area contributed by atoms with Crippen LogP contribution in [-0.4, -0.2) is 29.3 Å². The van der Waals surface area contributed by atoms with Crippen molar-refractivity contribution in [2.45, 2.75) is 32.0 Å². The van der Waals surface area contributed by atoms with Gasteiger partial charge in [-0.15, -0.1) is 0 Å². The van der Waals surface area contributed by atoms with Gasteiger partial charge in [0.1, 0.15) is 5.76 Å². The van der Waals surface area contributed by atoms with Crippen LogP contribution in [0.3, 0.4) is 0 Å². The van der Waals surface area contributed by atoms with E-state index in [1.807, 2.05) is 6.92 Å². The second-order valence-corrected chi connectivity index (χ2v) is 6.73. The van der Waals surface area contributed by atoms with Crippen LogP contribution in [0.2, 0.25) is 0 Å². The van der Waals surface area contributed by atoms with Crippen molar-refractivity contribution >= 4 is 11.8 Å². The zero-order valence-corrected chi connectivity index (χ0v) is 14.6. The van der Waals surface area contributed by atoms with E-state index in [0.29, 0.717) is 12.8 Å². The lowest BCUT2D eigenvalue weighted by Gasteiger charge is -2.36. The predicted octanol–water partition coefficient (Wildman–Crippen LogP) is 3.69. The molecule has 0 bridgehead atoms. The van der Waals surface area contributed by atoms with Gasteiger partial charge in [0.2, 0.25) is 5.91 Å². The Balaban J connectivity index is 1.83. The number of hydrogen-bond acceptors (Lipinski definition) is 3. The highest BCUT2D eigenvalue weighted by Gasteiger charge is 2.34. The zero-order valence-electron chi connectivity index (χ0n) is 14.6. The molecule has 2 heterocycles. The summed E-state index contributed by atoms with van der Waals surface area (Å²) in [6.07, 6.45) is -3.21. The van der Waals surface area contributed by atoms with Crippen molar-refractivity contribution in [1.82, 2.24) is 4.90 Å². The Bertz CT molecular complexity index is 860. The summed E-state index contributed by atoms with van der Waals surface area (Å²) in [6, 6.07) is 7.51. The summed E-state index contributed by atoms with van der Waals surface area (Å²) in [5.41, 5.74) is 4.78. The molecule has 1 aliphatic rings. The molecule has 1 aromatic carbocycles. The van der Waals surface area contributed by atoms with Gasteiger partial charge in [-0.2, -0.15) is 13.2 Å². The maximum absolute atomic E-state index is 12.9. The van der Waals surface area contributed by atoms with E-state index in [1.165, 1.54) is 29.2 Å². The molecule has 0 radical (unpaired) electrons. The van der Waals surface area contributed by atoms with Crippen LogP contribution in [0.25, 0.3) is 11.3 Å². The van der Waals surface area contributed by atoms with E-state index >= 15 is 0 Å². The zero-order chi connectivity index (χ0) is 19.8. The van der Waals surface area contributed by atoms with Gasteiger partial charge in [0.15, 0.2) is 5.76 Å². The minimum atomic E-state index is -4.46. The number of carbonyl (C=O) groups excluding carboxylic acids is 2. The van der Waals surface area contributed by atoms with Crippen LogP contribution in [0.15, 0.2) is 40.8 Å². The number of amides is 2. The van der Waals surface area contributed by atoms with E-state index in [-0.39, 0.29) is 29.7 Å². The third-order valence-corrected chi connectivity index (χ3v) is 4.84. The average molecular weight is 380 g/mol. The number of nitrogens with zero attached hydrogens (tertiary/aromatic N) is 1. The first-order valence-electron chi connectivity index (χ1n) is 8.54. The second kappa shape index (κ2) is 7.09. The van der Waals surface area contributed by atoms with Crippen molar-refractivity contribution in [3.05, 3.63) is 47.7 Å². The number of likely N-dealkylation sites (tertiary alicyclic amines) is 1. The molecule has 1 aliphatic heterocycles. The number of benzene rings is 1. The summed E-state index contributed by atoms with van der Waals surface area (Å²) in [5.74, 6) is -1.10. The molecule has 144 valence electrons. The summed E-state index contributed by atoms with van der Waals surface area (Å²) in [7, 11) is 0. The number of primary amides is 1. The Morgan fingerprint density at radius 3 is 2.59 bits per heavy atom. The van der Waals surface area contributed by atoms with Gasteiger partial charge >= 0.3 is 6.18 Å². The van der Waals surface area contributed by atoms with Gasteiger partial charge in [0.25, 0.3) is 5.91 Å². The highest BCUT2D eigenvalue weighted by molar-refractivity contribution is 5.93. The molecule has 1 fully saturated rings. The van der Waals surface area contributed by atoms with Gasteiger partial charge in [-0.25, -0.2) is 0 Å². The van der Waals surface area contributed by atoms with E-state index in [4.69, 9.17) is 10.2 Å². The second-order valence-electron chi connectivity index (χ2n) is 6.73. The summed E-state index contributed by atoms with van der Waals surface area (Å²) in [6.45, 7) is 2.07. The molecule has 1 saturated heterocycles. The Labute approximate surface area is 153 Å². The Hall–Kier alpha value is -2.77. The summed E-state index contributed by atoms with van der Waals surface area (Å²) >= 11 is 0. The molecule has 3 rings (SSSR count). The largest absolute Gasteiger partial charge is 0.451 e. The van der Waals surface area contributed by atoms with Crippen molar-refractivity contribution in [1.29, 1.82) is 0 Å². The van der Waals surface area contributed by atoms with Crippen LogP contribution < -0.4 is 5.73 Å². The van der Waals surface area contributed by atoms with Crippen molar-refractivity contribution in [2.75, 3.05) is 6.54 Å². The van der Waals surface area contributed by atoms with E-state index < -0.39 is 29.5 Å². The molecule has 27 heavy (non-hydrogen) atoms. The molecule has 0 unspecified atom stereocenters. The van der Waals surface area contributed by atoms with Crippen LogP contribution >= 0.6 is 0 Å². The average Bonchev–Trinajstić information content (AvgIpc) is 3.11. The van der Waals surface area contributed by atoms with Crippen molar-refractivity contribution in [3.63, 3.8) is 0 Å². The van der Waals surface area contributed by atoms with E-state index in [9.17, 15) is 22.8 Å². The van der Waals surface area contributed by atoms with Gasteiger partial charge < -0.3 is 15.1 Å². The number of halogens is 3. The number of rotatable bonds is 3.